The first kappa shape index (κ1) is 17.0. The maximum atomic E-state index is 11.8. The van der Waals surface area contributed by atoms with Gasteiger partial charge in [0, 0.05) is 5.56 Å². The topological polar surface area (TPSA) is 99.9 Å². The molecule has 0 saturated heterocycles. The standard InChI is InChI=1S/C17H18N2O6/c1-22-14-6-3-2-5-12(14)10-23-11-13(20)9-19-17(21)25-16(18-19)15-7-4-8-24-15/h2-8,13,20H,9-11H2,1H3. The fraction of sp³-hybridized carbons (Fsp3) is 0.294. The first-order valence-electron chi connectivity index (χ1n) is 7.67. The summed E-state index contributed by atoms with van der Waals surface area (Å²) in [5, 5.41) is 14.0. The Morgan fingerprint density at radius 2 is 2.12 bits per heavy atom. The zero-order valence-electron chi connectivity index (χ0n) is 13.6. The summed E-state index contributed by atoms with van der Waals surface area (Å²) in [6, 6.07) is 10.7. The Balaban J connectivity index is 1.54. The molecule has 2 heterocycles. The highest BCUT2D eigenvalue weighted by Crippen LogP contribution is 2.18. The first-order chi connectivity index (χ1) is 12.2. The first-order valence-corrected chi connectivity index (χ1v) is 7.67. The average Bonchev–Trinajstić information content (AvgIpc) is 3.26. The SMILES string of the molecule is COc1ccccc1COCC(O)Cn1nc(-c2ccco2)oc1=O. The summed E-state index contributed by atoms with van der Waals surface area (Å²) >= 11 is 0. The molecule has 0 fully saturated rings. The summed E-state index contributed by atoms with van der Waals surface area (Å²) in [5.74, 6) is 0.456. The van der Waals surface area contributed by atoms with Crippen molar-refractivity contribution in [1.29, 1.82) is 0 Å². The fourth-order valence-electron chi connectivity index (χ4n) is 2.30. The number of rotatable bonds is 8. The van der Waals surface area contributed by atoms with Gasteiger partial charge in [0.05, 0.1) is 39.2 Å². The third-order valence-corrected chi connectivity index (χ3v) is 3.48. The minimum Gasteiger partial charge on any atom is -0.496 e. The number of aliphatic hydroxyl groups is 1. The van der Waals surface area contributed by atoms with Crippen LogP contribution in [-0.4, -0.2) is 34.7 Å². The Hall–Kier alpha value is -2.84. The molecule has 0 aliphatic rings. The number of aliphatic hydroxyl groups excluding tert-OH is 1. The molecule has 2 aromatic heterocycles. The van der Waals surface area contributed by atoms with E-state index < -0.39 is 11.9 Å². The van der Waals surface area contributed by atoms with E-state index in [4.69, 9.17) is 18.3 Å². The van der Waals surface area contributed by atoms with Crippen molar-refractivity contribution in [2.75, 3.05) is 13.7 Å². The molecule has 0 aliphatic carbocycles. The molecule has 1 N–H and O–H groups in total. The minimum absolute atomic E-state index is 0.0352. The largest absolute Gasteiger partial charge is 0.496 e. The molecule has 8 heteroatoms. The van der Waals surface area contributed by atoms with Crippen molar-refractivity contribution in [3.05, 3.63) is 58.8 Å². The molecule has 0 bridgehead atoms. The van der Waals surface area contributed by atoms with Crippen molar-refractivity contribution in [2.24, 2.45) is 0 Å². The molecular weight excluding hydrogens is 328 g/mol. The van der Waals surface area contributed by atoms with E-state index in [1.165, 1.54) is 6.26 Å². The van der Waals surface area contributed by atoms with E-state index in [0.29, 0.717) is 11.5 Å². The third kappa shape index (κ3) is 4.17. The molecule has 0 amide bonds. The zero-order chi connectivity index (χ0) is 17.6. The molecule has 1 aromatic carbocycles. The molecule has 3 rings (SSSR count). The highest BCUT2D eigenvalue weighted by molar-refractivity contribution is 5.42. The molecule has 8 nitrogen and oxygen atoms in total. The zero-order valence-corrected chi connectivity index (χ0v) is 13.6. The summed E-state index contributed by atoms with van der Waals surface area (Å²) in [4.78, 5) is 11.8. The van der Waals surface area contributed by atoms with Crippen LogP contribution in [0.1, 0.15) is 5.56 Å². The van der Waals surface area contributed by atoms with Crippen molar-refractivity contribution in [2.45, 2.75) is 19.3 Å². The predicted octanol–water partition coefficient (Wildman–Crippen LogP) is 1.68. The lowest BCUT2D eigenvalue weighted by Crippen LogP contribution is -2.28. The molecule has 0 saturated carbocycles. The van der Waals surface area contributed by atoms with Crippen molar-refractivity contribution in [1.82, 2.24) is 9.78 Å². The molecule has 0 radical (unpaired) electrons. The molecule has 132 valence electrons. The second kappa shape index (κ2) is 7.82. The molecule has 0 spiro atoms. The molecule has 25 heavy (non-hydrogen) atoms. The van der Waals surface area contributed by atoms with Crippen molar-refractivity contribution < 1.29 is 23.4 Å². The summed E-state index contributed by atoms with van der Waals surface area (Å²) in [6.07, 6.45) is 0.538. The lowest BCUT2D eigenvalue weighted by Gasteiger charge is -2.12. The maximum absolute atomic E-state index is 11.8. The Bertz CT molecular complexity index is 852. The second-order valence-electron chi connectivity index (χ2n) is 5.31. The van der Waals surface area contributed by atoms with Gasteiger partial charge in [-0.1, -0.05) is 18.2 Å². The van der Waals surface area contributed by atoms with Gasteiger partial charge in [0.15, 0.2) is 5.76 Å². The van der Waals surface area contributed by atoms with Crippen LogP contribution in [0, 0.1) is 0 Å². The Labute approximate surface area is 143 Å². The number of ether oxygens (including phenoxy) is 2. The van der Waals surface area contributed by atoms with Crippen molar-refractivity contribution in [3.63, 3.8) is 0 Å². The highest BCUT2D eigenvalue weighted by Gasteiger charge is 2.15. The summed E-state index contributed by atoms with van der Waals surface area (Å²) < 4.78 is 21.9. The average molecular weight is 346 g/mol. The number of nitrogens with zero attached hydrogens (tertiary/aromatic N) is 2. The van der Waals surface area contributed by atoms with Crippen LogP contribution in [0.2, 0.25) is 0 Å². The maximum Gasteiger partial charge on any atom is 0.437 e. The van der Waals surface area contributed by atoms with E-state index in [2.05, 4.69) is 5.10 Å². The molecule has 3 aromatic rings. The Kier molecular flexibility index (Phi) is 5.32. The summed E-state index contributed by atoms with van der Waals surface area (Å²) in [5.41, 5.74) is 0.871. The lowest BCUT2D eigenvalue weighted by atomic mass is 10.2. The summed E-state index contributed by atoms with van der Waals surface area (Å²) in [7, 11) is 1.58. The van der Waals surface area contributed by atoms with Crippen LogP contribution in [0.5, 0.6) is 5.75 Å². The number of hydrogen-bond donors (Lipinski definition) is 1. The molecular formula is C17H18N2O6. The van der Waals surface area contributed by atoms with Crippen LogP contribution >= 0.6 is 0 Å². The van der Waals surface area contributed by atoms with Gasteiger partial charge in [-0.25, -0.2) is 4.79 Å². The van der Waals surface area contributed by atoms with Gasteiger partial charge < -0.3 is 23.4 Å². The van der Waals surface area contributed by atoms with E-state index in [-0.39, 0.29) is 25.6 Å². The van der Waals surface area contributed by atoms with E-state index in [1.54, 1.807) is 19.2 Å². The lowest BCUT2D eigenvalue weighted by molar-refractivity contribution is 0.0173. The van der Waals surface area contributed by atoms with E-state index in [1.807, 2.05) is 24.3 Å². The molecule has 1 atom stereocenters. The van der Waals surface area contributed by atoms with Gasteiger partial charge in [0.2, 0.25) is 0 Å². The number of furan rings is 1. The normalized spacial score (nSPS) is 12.2. The smallest absolute Gasteiger partial charge is 0.437 e. The second-order valence-corrected chi connectivity index (χ2v) is 5.31. The Morgan fingerprint density at radius 1 is 1.28 bits per heavy atom. The van der Waals surface area contributed by atoms with E-state index in [0.717, 1.165) is 10.2 Å². The van der Waals surface area contributed by atoms with E-state index >= 15 is 0 Å². The highest BCUT2D eigenvalue weighted by atomic mass is 16.5. The van der Waals surface area contributed by atoms with Crippen LogP contribution in [0.25, 0.3) is 11.7 Å². The van der Waals surface area contributed by atoms with Gasteiger partial charge in [-0.2, -0.15) is 4.68 Å². The van der Waals surface area contributed by atoms with Crippen molar-refractivity contribution >= 4 is 0 Å². The van der Waals surface area contributed by atoms with Crippen LogP contribution < -0.4 is 10.5 Å². The van der Waals surface area contributed by atoms with E-state index in [9.17, 15) is 9.90 Å². The number of aromatic nitrogens is 2. The van der Waals surface area contributed by atoms with Gasteiger partial charge in [-0.15, -0.1) is 5.10 Å². The third-order valence-electron chi connectivity index (χ3n) is 3.48. The van der Waals surface area contributed by atoms with Crippen LogP contribution in [-0.2, 0) is 17.9 Å². The van der Waals surface area contributed by atoms with Gasteiger partial charge in [0.25, 0.3) is 5.89 Å². The van der Waals surface area contributed by atoms with Gasteiger partial charge in [0.1, 0.15) is 5.75 Å². The van der Waals surface area contributed by atoms with Crippen LogP contribution in [0.15, 0.2) is 56.3 Å². The van der Waals surface area contributed by atoms with Crippen LogP contribution in [0.4, 0.5) is 0 Å². The quantitative estimate of drug-likeness (QED) is 0.662. The molecule has 0 aliphatic heterocycles. The van der Waals surface area contributed by atoms with Gasteiger partial charge in [-0.3, -0.25) is 0 Å². The van der Waals surface area contributed by atoms with Gasteiger partial charge in [-0.05, 0) is 18.2 Å². The van der Waals surface area contributed by atoms with Crippen LogP contribution in [0.3, 0.4) is 0 Å². The number of para-hydroxylation sites is 1. The monoisotopic (exact) mass is 346 g/mol. The number of hydrogen-bond acceptors (Lipinski definition) is 7. The number of methoxy groups -OCH3 is 1. The van der Waals surface area contributed by atoms with Crippen molar-refractivity contribution in [3.8, 4) is 17.4 Å². The predicted molar refractivity (Wildman–Crippen MR) is 87.1 cm³/mol. The summed E-state index contributed by atoms with van der Waals surface area (Å²) in [6.45, 7) is 0.273. The fourth-order valence-corrected chi connectivity index (χ4v) is 2.30. The Morgan fingerprint density at radius 3 is 2.88 bits per heavy atom. The number of benzene rings is 1. The van der Waals surface area contributed by atoms with Gasteiger partial charge >= 0.3 is 5.76 Å². The minimum atomic E-state index is -0.915. The molecule has 1 unspecified atom stereocenters.